The van der Waals surface area contributed by atoms with Gasteiger partial charge in [0.2, 0.25) is 0 Å². The first-order chi connectivity index (χ1) is 16.4. The van der Waals surface area contributed by atoms with Crippen LogP contribution in [0.15, 0.2) is 60.7 Å². The molecular weight excluding hydrogens is 465 g/mol. The van der Waals surface area contributed by atoms with E-state index in [-0.39, 0.29) is 5.75 Å². The van der Waals surface area contributed by atoms with E-state index in [1.165, 1.54) is 5.69 Å². The molecule has 0 amide bonds. The zero-order chi connectivity index (χ0) is 24.1. The van der Waals surface area contributed by atoms with Crippen LogP contribution in [-0.4, -0.2) is 42.2 Å². The number of phenols is 1. The van der Waals surface area contributed by atoms with Gasteiger partial charge < -0.3 is 15.3 Å². The molecule has 178 valence electrons. The van der Waals surface area contributed by atoms with Crippen molar-refractivity contribution in [2.45, 2.75) is 26.4 Å². The fraction of sp³-hybridized carbons (Fsp3) is 0.286. The number of halogens is 2. The van der Waals surface area contributed by atoms with Crippen molar-refractivity contribution < 1.29 is 5.11 Å². The summed E-state index contributed by atoms with van der Waals surface area (Å²) in [4.78, 5) is 4.96. The van der Waals surface area contributed by atoms with E-state index >= 15 is 0 Å². The lowest BCUT2D eigenvalue weighted by molar-refractivity contribution is 0.209. The van der Waals surface area contributed by atoms with Gasteiger partial charge in [-0.25, -0.2) is 0 Å². The first kappa shape index (κ1) is 24.5. The van der Waals surface area contributed by atoms with Gasteiger partial charge in [-0.3, -0.25) is 4.90 Å². The summed E-state index contributed by atoms with van der Waals surface area (Å²) in [5, 5.41) is 14.8. The zero-order valence-electron chi connectivity index (χ0n) is 19.6. The van der Waals surface area contributed by atoms with Crippen LogP contribution in [0.1, 0.15) is 30.5 Å². The lowest BCUT2D eigenvalue weighted by Crippen LogP contribution is -2.48. The van der Waals surface area contributed by atoms with Crippen molar-refractivity contribution in [2.24, 2.45) is 0 Å². The molecule has 0 bridgehead atoms. The molecule has 1 fully saturated rings. The zero-order valence-corrected chi connectivity index (χ0v) is 21.2. The molecule has 1 saturated heterocycles. The van der Waals surface area contributed by atoms with Crippen molar-refractivity contribution in [3.05, 3.63) is 87.4 Å². The van der Waals surface area contributed by atoms with Crippen molar-refractivity contribution >= 4 is 46.7 Å². The number of piperazine rings is 1. The Kier molecular flexibility index (Phi) is 8.04. The third-order valence-corrected chi connectivity index (χ3v) is 7.01. The molecule has 3 aromatic carbocycles. The Balaban J connectivity index is 1.36. The highest BCUT2D eigenvalue weighted by Crippen LogP contribution is 2.26. The van der Waals surface area contributed by atoms with E-state index in [2.05, 4.69) is 53.2 Å². The number of hydrogen-bond acceptors (Lipinski definition) is 4. The molecule has 34 heavy (non-hydrogen) atoms. The minimum atomic E-state index is 0.277. The summed E-state index contributed by atoms with van der Waals surface area (Å²) >= 11 is 12.1. The quantitative estimate of drug-likeness (QED) is 0.345. The highest BCUT2D eigenvalue weighted by atomic mass is 35.5. The van der Waals surface area contributed by atoms with E-state index in [4.69, 9.17) is 23.2 Å². The van der Waals surface area contributed by atoms with E-state index in [0.717, 1.165) is 48.6 Å². The third-order valence-electron chi connectivity index (χ3n) is 6.28. The number of anilines is 2. The van der Waals surface area contributed by atoms with Gasteiger partial charge in [-0.15, -0.1) is 0 Å². The molecule has 1 heterocycles. The highest BCUT2D eigenvalue weighted by molar-refractivity contribution is 6.42. The average molecular weight is 496 g/mol. The Hall–Kier alpha value is -2.66. The third kappa shape index (κ3) is 6.26. The SMILES string of the molecule is CC(C)N1CCN(c2ccc(NCc3cc(/C=C/c4ccc(Cl)c(Cl)c4)ccc3O)cc2)CC1. The highest BCUT2D eigenvalue weighted by Gasteiger charge is 2.18. The van der Waals surface area contributed by atoms with Gasteiger partial charge in [-0.2, -0.15) is 0 Å². The van der Waals surface area contributed by atoms with Crippen LogP contribution in [0.25, 0.3) is 12.2 Å². The van der Waals surface area contributed by atoms with E-state index in [1.54, 1.807) is 12.1 Å². The van der Waals surface area contributed by atoms with Crippen LogP contribution in [-0.2, 0) is 6.54 Å². The maximum atomic E-state index is 10.3. The Labute approximate surface area is 212 Å². The monoisotopic (exact) mass is 495 g/mol. The lowest BCUT2D eigenvalue weighted by Gasteiger charge is -2.38. The van der Waals surface area contributed by atoms with E-state index < -0.39 is 0 Å². The molecule has 2 N–H and O–H groups in total. The van der Waals surface area contributed by atoms with Gasteiger partial charge in [0.05, 0.1) is 10.0 Å². The summed E-state index contributed by atoms with van der Waals surface area (Å²) in [5.74, 6) is 0.277. The molecule has 0 unspecified atom stereocenters. The Morgan fingerprint density at radius 3 is 2.15 bits per heavy atom. The van der Waals surface area contributed by atoms with Crippen LogP contribution < -0.4 is 10.2 Å². The molecule has 0 aromatic heterocycles. The van der Waals surface area contributed by atoms with Crippen molar-refractivity contribution in [3.63, 3.8) is 0 Å². The summed E-state index contributed by atoms with van der Waals surface area (Å²) in [6.45, 7) is 9.38. The standard InChI is InChI=1S/C28H31Cl2N3O/c1-20(2)32-13-15-33(16-14-32)25-9-7-24(8-10-25)31-19-23-17-21(6-12-28(23)34)3-4-22-5-11-26(29)27(30)18-22/h3-12,17-18,20,31,34H,13-16,19H2,1-2H3/b4-3+. The second-order valence-electron chi connectivity index (χ2n) is 8.91. The first-order valence-corrected chi connectivity index (χ1v) is 12.4. The molecular formula is C28H31Cl2N3O. The molecule has 4 nitrogen and oxygen atoms in total. The maximum absolute atomic E-state index is 10.3. The molecule has 3 aromatic rings. The Morgan fingerprint density at radius 2 is 1.50 bits per heavy atom. The van der Waals surface area contributed by atoms with Crippen LogP contribution >= 0.6 is 23.2 Å². The van der Waals surface area contributed by atoms with Crippen molar-refractivity contribution in [1.29, 1.82) is 0 Å². The van der Waals surface area contributed by atoms with Crippen molar-refractivity contribution in [2.75, 3.05) is 36.4 Å². The number of aromatic hydroxyl groups is 1. The summed E-state index contributed by atoms with van der Waals surface area (Å²) < 4.78 is 0. The summed E-state index contributed by atoms with van der Waals surface area (Å²) in [6.07, 6.45) is 3.97. The smallest absolute Gasteiger partial charge is 0.120 e. The second kappa shape index (κ2) is 11.2. The first-order valence-electron chi connectivity index (χ1n) is 11.7. The fourth-order valence-electron chi connectivity index (χ4n) is 4.14. The molecule has 0 atom stereocenters. The summed E-state index contributed by atoms with van der Waals surface area (Å²) in [7, 11) is 0. The number of nitrogens with zero attached hydrogens (tertiary/aromatic N) is 2. The molecule has 0 radical (unpaired) electrons. The summed E-state index contributed by atoms with van der Waals surface area (Å²) in [6, 6.07) is 20.3. The molecule has 4 rings (SSSR count). The number of benzene rings is 3. The minimum Gasteiger partial charge on any atom is -0.508 e. The predicted octanol–water partition coefficient (Wildman–Crippen LogP) is 7.01. The molecule has 0 spiro atoms. The molecule has 0 saturated carbocycles. The average Bonchev–Trinajstić information content (AvgIpc) is 2.85. The van der Waals surface area contributed by atoms with Crippen LogP contribution in [0.3, 0.4) is 0 Å². The largest absolute Gasteiger partial charge is 0.508 e. The van der Waals surface area contributed by atoms with Crippen LogP contribution in [0.2, 0.25) is 10.0 Å². The molecule has 6 heteroatoms. The van der Waals surface area contributed by atoms with Crippen molar-refractivity contribution in [1.82, 2.24) is 4.90 Å². The molecule has 1 aliphatic heterocycles. The predicted molar refractivity (Wildman–Crippen MR) is 146 cm³/mol. The van der Waals surface area contributed by atoms with Crippen LogP contribution in [0.5, 0.6) is 5.75 Å². The van der Waals surface area contributed by atoms with Gasteiger partial charge >= 0.3 is 0 Å². The van der Waals surface area contributed by atoms with Gasteiger partial charge in [-0.05, 0) is 73.5 Å². The van der Waals surface area contributed by atoms with Gasteiger partial charge in [0.1, 0.15) is 5.75 Å². The molecule has 1 aliphatic rings. The fourth-order valence-corrected chi connectivity index (χ4v) is 4.45. The van der Waals surface area contributed by atoms with Gasteiger partial charge in [0.15, 0.2) is 0 Å². The topological polar surface area (TPSA) is 38.7 Å². The van der Waals surface area contributed by atoms with Gasteiger partial charge in [-0.1, -0.05) is 47.5 Å². The Morgan fingerprint density at radius 1 is 0.853 bits per heavy atom. The number of rotatable bonds is 7. The van der Waals surface area contributed by atoms with Crippen LogP contribution in [0, 0.1) is 0 Å². The maximum Gasteiger partial charge on any atom is 0.120 e. The lowest BCUT2D eigenvalue weighted by atomic mass is 10.1. The summed E-state index contributed by atoms with van der Waals surface area (Å²) in [5.41, 5.74) is 5.08. The number of nitrogens with one attached hydrogen (secondary N) is 1. The van der Waals surface area contributed by atoms with Crippen LogP contribution in [0.4, 0.5) is 11.4 Å². The van der Waals surface area contributed by atoms with Gasteiger partial charge in [0.25, 0.3) is 0 Å². The van der Waals surface area contributed by atoms with Crippen molar-refractivity contribution in [3.8, 4) is 5.75 Å². The second-order valence-corrected chi connectivity index (χ2v) is 9.73. The number of phenolic OH excluding ortho intramolecular Hbond substituents is 1. The minimum absolute atomic E-state index is 0.277. The number of hydrogen-bond donors (Lipinski definition) is 2. The van der Waals surface area contributed by atoms with E-state index in [0.29, 0.717) is 22.6 Å². The molecule has 0 aliphatic carbocycles. The van der Waals surface area contributed by atoms with E-state index in [9.17, 15) is 5.11 Å². The normalized spacial score (nSPS) is 14.8. The van der Waals surface area contributed by atoms with E-state index in [1.807, 2.05) is 36.4 Å². The Bertz CT molecular complexity index is 1140. The van der Waals surface area contributed by atoms with Gasteiger partial charge in [0, 0.05) is 55.7 Å².